The molecular formula is C16H19NO4. The number of rotatable bonds is 2. The molecule has 5 heteroatoms. The summed E-state index contributed by atoms with van der Waals surface area (Å²) in [5.41, 5.74) is 0.237. The van der Waals surface area contributed by atoms with Gasteiger partial charge in [-0.3, -0.25) is 0 Å². The highest BCUT2D eigenvalue weighted by Gasteiger charge is 2.21. The van der Waals surface area contributed by atoms with Crippen molar-refractivity contribution in [2.45, 2.75) is 32.9 Å². The summed E-state index contributed by atoms with van der Waals surface area (Å²) in [7, 11) is 1.23. The minimum absolute atomic E-state index is 0.222. The fourth-order valence-electron chi connectivity index (χ4n) is 1.40. The molecule has 1 aromatic rings. The molecule has 1 rings (SSSR count). The van der Waals surface area contributed by atoms with Gasteiger partial charge in [0, 0.05) is 12.0 Å². The van der Waals surface area contributed by atoms with Gasteiger partial charge in [-0.2, -0.15) is 0 Å². The van der Waals surface area contributed by atoms with E-state index >= 15 is 0 Å². The van der Waals surface area contributed by atoms with Crippen molar-refractivity contribution in [1.29, 1.82) is 0 Å². The summed E-state index contributed by atoms with van der Waals surface area (Å²) in [5, 5.41) is 0. The van der Waals surface area contributed by atoms with Crippen LogP contribution in [0, 0.1) is 12.0 Å². The molecule has 0 aliphatic heterocycles. The number of amides is 1. The standard InChI is InChI=1S/C16H19NO4/c1-16(2,3)21-15(19)17(11-10-14(18)20-4)12-13-8-6-5-7-9-13/h5-9H,12H2,1-4H3. The van der Waals surface area contributed by atoms with Gasteiger partial charge in [-0.15, -0.1) is 0 Å². The van der Waals surface area contributed by atoms with E-state index in [1.165, 1.54) is 7.11 Å². The van der Waals surface area contributed by atoms with Crippen LogP contribution in [-0.4, -0.2) is 29.7 Å². The molecule has 112 valence electrons. The summed E-state index contributed by atoms with van der Waals surface area (Å²) in [5.74, 6) is 1.52. The lowest BCUT2D eigenvalue weighted by molar-refractivity contribution is -0.133. The summed E-state index contributed by atoms with van der Waals surface area (Å²) in [6.07, 6.45) is -0.609. The Balaban J connectivity index is 2.91. The van der Waals surface area contributed by atoms with Crippen molar-refractivity contribution in [2.75, 3.05) is 7.11 Å². The number of benzene rings is 1. The van der Waals surface area contributed by atoms with Crippen LogP contribution in [0.2, 0.25) is 0 Å². The third-order valence-electron chi connectivity index (χ3n) is 2.28. The van der Waals surface area contributed by atoms with Crippen LogP contribution >= 0.6 is 0 Å². The highest BCUT2D eigenvalue weighted by atomic mass is 16.6. The van der Waals surface area contributed by atoms with Gasteiger partial charge in [0.15, 0.2) is 0 Å². The van der Waals surface area contributed by atoms with Crippen LogP contribution in [0.3, 0.4) is 0 Å². The highest BCUT2D eigenvalue weighted by Crippen LogP contribution is 2.12. The zero-order chi connectivity index (χ0) is 15.9. The van der Waals surface area contributed by atoms with Crippen LogP contribution < -0.4 is 0 Å². The molecule has 21 heavy (non-hydrogen) atoms. The van der Waals surface area contributed by atoms with E-state index in [1.54, 1.807) is 20.8 Å². The zero-order valence-electron chi connectivity index (χ0n) is 12.7. The highest BCUT2D eigenvalue weighted by molar-refractivity contribution is 5.88. The largest absolute Gasteiger partial charge is 0.459 e. The Bertz CT molecular complexity index is 549. The van der Waals surface area contributed by atoms with E-state index in [0.29, 0.717) is 0 Å². The Labute approximate surface area is 124 Å². The SMILES string of the molecule is COC(=O)C#CN(Cc1ccccc1)C(=O)OC(C)(C)C. The molecule has 0 aliphatic carbocycles. The Hall–Kier alpha value is -2.48. The summed E-state index contributed by atoms with van der Waals surface area (Å²) in [4.78, 5) is 24.4. The lowest BCUT2D eigenvalue weighted by Crippen LogP contribution is -2.33. The average Bonchev–Trinajstić information content (AvgIpc) is 2.42. The van der Waals surface area contributed by atoms with Gasteiger partial charge in [0.2, 0.25) is 0 Å². The molecular weight excluding hydrogens is 270 g/mol. The number of hydrogen-bond acceptors (Lipinski definition) is 4. The maximum Gasteiger partial charge on any atom is 0.422 e. The smallest absolute Gasteiger partial charge is 0.422 e. The third-order valence-corrected chi connectivity index (χ3v) is 2.28. The van der Waals surface area contributed by atoms with E-state index in [-0.39, 0.29) is 6.54 Å². The molecule has 0 N–H and O–H groups in total. The number of ether oxygens (including phenoxy) is 2. The molecule has 0 radical (unpaired) electrons. The van der Waals surface area contributed by atoms with Gasteiger partial charge in [-0.05, 0) is 26.3 Å². The number of methoxy groups -OCH3 is 1. The van der Waals surface area contributed by atoms with Gasteiger partial charge >= 0.3 is 12.1 Å². The maximum absolute atomic E-state index is 12.1. The van der Waals surface area contributed by atoms with Gasteiger partial charge in [-0.25, -0.2) is 14.5 Å². The normalized spacial score (nSPS) is 10.1. The second kappa shape index (κ2) is 7.34. The van der Waals surface area contributed by atoms with E-state index < -0.39 is 17.7 Å². The van der Waals surface area contributed by atoms with Crippen molar-refractivity contribution in [1.82, 2.24) is 4.90 Å². The summed E-state index contributed by atoms with van der Waals surface area (Å²) < 4.78 is 9.71. The number of esters is 1. The minimum Gasteiger partial charge on any atom is -0.459 e. The molecule has 5 nitrogen and oxygen atoms in total. The van der Waals surface area contributed by atoms with Crippen molar-refractivity contribution in [2.24, 2.45) is 0 Å². The van der Waals surface area contributed by atoms with Crippen LogP contribution in [0.15, 0.2) is 30.3 Å². The van der Waals surface area contributed by atoms with Crippen molar-refractivity contribution in [3.8, 4) is 12.0 Å². The number of carbonyl (C=O) groups is 2. The summed E-state index contributed by atoms with van der Waals surface area (Å²) in [6, 6.07) is 11.8. The second-order valence-corrected chi connectivity index (χ2v) is 5.28. The molecule has 0 aromatic heterocycles. The van der Waals surface area contributed by atoms with Gasteiger partial charge in [0.25, 0.3) is 0 Å². The molecule has 0 heterocycles. The van der Waals surface area contributed by atoms with Crippen LogP contribution in [0.25, 0.3) is 0 Å². The Morgan fingerprint density at radius 2 is 1.81 bits per heavy atom. The Morgan fingerprint density at radius 1 is 1.19 bits per heavy atom. The van der Waals surface area contributed by atoms with Crippen molar-refractivity contribution >= 4 is 12.1 Å². The van der Waals surface area contributed by atoms with Crippen molar-refractivity contribution < 1.29 is 19.1 Å². The molecule has 0 saturated carbocycles. The first kappa shape index (κ1) is 16.6. The number of nitrogens with zero attached hydrogens (tertiary/aromatic N) is 1. The third kappa shape index (κ3) is 6.48. The van der Waals surface area contributed by atoms with Crippen molar-refractivity contribution in [3.05, 3.63) is 35.9 Å². The molecule has 0 saturated heterocycles. The summed E-state index contributed by atoms with van der Waals surface area (Å²) >= 11 is 0. The molecule has 1 aromatic carbocycles. The predicted molar refractivity (Wildman–Crippen MR) is 78.0 cm³/mol. The van der Waals surface area contributed by atoms with Crippen molar-refractivity contribution in [3.63, 3.8) is 0 Å². The van der Waals surface area contributed by atoms with Gasteiger partial charge in [-0.1, -0.05) is 30.3 Å². The molecule has 0 unspecified atom stereocenters. The topological polar surface area (TPSA) is 55.8 Å². The fourth-order valence-corrected chi connectivity index (χ4v) is 1.40. The van der Waals surface area contributed by atoms with Crippen LogP contribution in [-0.2, 0) is 20.8 Å². The number of hydrogen-bond donors (Lipinski definition) is 0. The van der Waals surface area contributed by atoms with E-state index in [9.17, 15) is 9.59 Å². The van der Waals surface area contributed by atoms with Crippen LogP contribution in [0.1, 0.15) is 26.3 Å². The first-order chi connectivity index (χ1) is 9.81. The molecule has 0 aliphatic rings. The minimum atomic E-state index is -0.711. The lowest BCUT2D eigenvalue weighted by atomic mass is 10.2. The van der Waals surface area contributed by atoms with Gasteiger partial charge < -0.3 is 9.47 Å². The Morgan fingerprint density at radius 3 is 2.33 bits per heavy atom. The monoisotopic (exact) mass is 289 g/mol. The van der Waals surface area contributed by atoms with Crippen LogP contribution in [0.4, 0.5) is 4.79 Å². The Kier molecular flexibility index (Phi) is 5.79. The maximum atomic E-state index is 12.1. The van der Waals surface area contributed by atoms with E-state index in [2.05, 4.69) is 16.7 Å². The first-order valence-corrected chi connectivity index (χ1v) is 6.46. The molecule has 0 spiro atoms. The van der Waals surface area contributed by atoms with E-state index in [1.807, 2.05) is 30.3 Å². The quantitative estimate of drug-likeness (QED) is 0.477. The second-order valence-electron chi connectivity index (χ2n) is 5.28. The van der Waals surface area contributed by atoms with Crippen LogP contribution in [0.5, 0.6) is 0 Å². The molecule has 0 bridgehead atoms. The predicted octanol–water partition coefficient (Wildman–Crippen LogP) is 2.56. The molecule has 0 fully saturated rings. The first-order valence-electron chi connectivity index (χ1n) is 6.46. The zero-order valence-corrected chi connectivity index (χ0v) is 12.7. The fraction of sp³-hybridized carbons (Fsp3) is 0.375. The van der Waals surface area contributed by atoms with E-state index in [4.69, 9.17) is 4.74 Å². The summed E-state index contributed by atoms with van der Waals surface area (Å²) in [6.45, 7) is 5.51. The lowest BCUT2D eigenvalue weighted by Gasteiger charge is -2.23. The average molecular weight is 289 g/mol. The van der Waals surface area contributed by atoms with Gasteiger partial charge in [0.05, 0.1) is 13.7 Å². The number of carbonyl (C=O) groups excluding carboxylic acids is 2. The van der Waals surface area contributed by atoms with Gasteiger partial charge in [0.1, 0.15) is 5.60 Å². The molecule has 0 atom stereocenters. The molecule has 1 amide bonds. The van der Waals surface area contributed by atoms with E-state index in [0.717, 1.165) is 10.5 Å².